The number of carbonyl (C=O) groups excluding carboxylic acids is 2. The van der Waals surface area contributed by atoms with E-state index in [4.69, 9.17) is 0 Å². The highest BCUT2D eigenvalue weighted by atomic mass is 16.2. The van der Waals surface area contributed by atoms with E-state index < -0.39 is 0 Å². The molecule has 0 spiro atoms. The van der Waals surface area contributed by atoms with Crippen LogP contribution < -0.4 is 10.2 Å². The second kappa shape index (κ2) is 3.38. The SMILES string of the molecule is Cc1ccc(C)c(N2CC(=O)NC2=O)c1. The average molecular weight is 204 g/mol. The summed E-state index contributed by atoms with van der Waals surface area (Å²) in [6.45, 7) is 3.99. The summed E-state index contributed by atoms with van der Waals surface area (Å²) in [6, 6.07) is 5.50. The van der Waals surface area contributed by atoms with Gasteiger partial charge in [0.15, 0.2) is 0 Å². The van der Waals surface area contributed by atoms with Crippen molar-refractivity contribution in [1.29, 1.82) is 0 Å². The van der Waals surface area contributed by atoms with Crippen molar-refractivity contribution in [3.05, 3.63) is 29.3 Å². The number of amides is 3. The van der Waals surface area contributed by atoms with Gasteiger partial charge in [-0.05, 0) is 31.0 Å². The molecule has 4 nitrogen and oxygen atoms in total. The summed E-state index contributed by atoms with van der Waals surface area (Å²) in [5.41, 5.74) is 2.87. The number of urea groups is 1. The number of nitrogens with one attached hydrogen (secondary N) is 1. The molecule has 1 aromatic carbocycles. The van der Waals surface area contributed by atoms with Crippen LogP contribution in [0.25, 0.3) is 0 Å². The van der Waals surface area contributed by atoms with Crippen LogP contribution in [-0.2, 0) is 4.79 Å². The second-order valence-electron chi connectivity index (χ2n) is 3.73. The Balaban J connectivity index is 2.41. The maximum absolute atomic E-state index is 11.4. The molecule has 78 valence electrons. The van der Waals surface area contributed by atoms with Gasteiger partial charge in [0.1, 0.15) is 6.54 Å². The average Bonchev–Trinajstić information content (AvgIpc) is 2.50. The van der Waals surface area contributed by atoms with Crippen LogP contribution in [0.4, 0.5) is 10.5 Å². The maximum atomic E-state index is 11.4. The molecule has 0 bridgehead atoms. The number of rotatable bonds is 1. The second-order valence-corrected chi connectivity index (χ2v) is 3.73. The van der Waals surface area contributed by atoms with Gasteiger partial charge in [-0.1, -0.05) is 12.1 Å². The fourth-order valence-corrected chi connectivity index (χ4v) is 1.65. The molecule has 1 aromatic rings. The molecule has 1 aliphatic heterocycles. The molecule has 1 fully saturated rings. The molecule has 0 saturated carbocycles. The number of carbonyl (C=O) groups is 2. The predicted octanol–water partition coefficient (Wildman–Crippen LogP) is 1.36. The summed E-state index contributed by atoms with van der Waals surface area (Å²) < 4.78 is 0. The van der Waals surface area contributed by atoms with E-state index in [2.05, 4.69) is 5.32 Å². The zero-order valence-electron chi connectivity index (χ0n) is 8.70. The minimum Gasteiger partial charge on any atom is -0.284 e. The Morgan fingerprint density at radius 2 is 2.00 bits per heavy atom. The highest BCUT2D eigenvalue weighted by Crippen LogP contribution is 2.22. The zero-order chi connectivity index (χ0) is 11.0. The molecule has 4 heteroatoms. The van der Waals surface area contributed by atoms with Crippen LogP contribution in [0.3, 0.4) is 0 Å². The first-order chi connectivity index (χ1) is 7.08. The lowest BCUT2D eigenvalue weighted by Gasteiger charge is -2.16. The first kappa shape index (κ1) is 9.71. The lowest BCUT2D eigenvalue weighted by atomic mass is 10.1. The molecule has 2 rings (SSSR count). The highest BCUT2D eigenvalue weighted by Gasteiger charge is 2.28. The van der Waals surface area contributed by atoms with E-state index >= 15 is 0 Å². The first-order valence-electron chi connectivity index (χ1n) is 4.76. The molecule has 1 saturated heterocycles. The molecular formula is C11H12N2O2. The summed E-state index contributed by atoms with van der Waals surface area (Å²) in [4.78, 5) is 24.0. The fraction of sp³-hybridized carbons (Fsp3) is 0.273. The molecule has 1 N–H and O–H groups in total. The Bertz CT molecular complexity index is 440. The molecule has 3 amide bonds. The smallest absolute Gasteiger partial charge is 0.284 e. The van der Waals surface area contributed by atoms with Gasteiger partial charge < -0.3 is 0 Å². The number of hydrogen-bond acceptors (Lipinski definition) is 2. The van der Waals surface area contributed by atoms with Crippen molar-refractivity contribution in [2.24, 2.45) is 0 Å². The number of hydrogen-bond donors (Lipinski definition) is 1. The standard InChI is InChI=1S/C11H12N2O2/c1-7-3-4-8(2)9(5-7)13-6-10(14)12-11(13)15/h3-5H,6H2,1-2H3,(H,12,14,15). The normalized spacial score (nSPS) is 15.7. The Labute approximate surface area is 87.9 Å². The first-order valence-corrected chi connectivity index (χ1v) is 4.76. The van der Waals surface area contributed by atoms with Crippen molar-refractivity contribution < 1.29 is 9.59 Å². The van der Waals surface area contributed by atoms with Crippen LogP contribution in [0.5, 0.6) is 0 Å². The van der Waals surface area contributed by atoms with Crippen LogP contribution in [-0.4, -0.2) is 18.5 Å². The minimum atomic E-state index is -0.339. The molecule has 1 heterocycles. The van der Waals surface area contributed by atoms with Gasteiger partial charge in [0.25, 0.3) is 0 Å². The Morgan fingerprint density at radius 1 is 1.27 bits per heavy atom. The molecule has 15 heavy (non-hydrogen) atoms. The van der Waals surface area contributed by atoms with Crippen LogP contribution in [0.2, 0.25) is 0 Å². The largest absolute Gasteiger partial charge is 0.329 e. The quantitative estimate of drug-likeness (QED) is 0.702. The van der Waals surface area contributed by atoms with E-state index in [1.807, 2.05) is 32.0 Å². The van der Waals surface area contributed by atoms with Crippen molar-refractivity contribution in [3.8, 4) is 0 Å². The number of imide groups is 1. The molecule has 0 aromatic heterocycles. The maximum Gasteiger partial charge on any atom is 0.329 e. The van der Waals surface area contributed by atoms with Crippen molar-refractivity contribution >= 4 is 17.6 Å². The number of aryl methyl sites for hydroxylation is 2. The van der Waals surface area contributed by atoms with Gasteiger partial charge in [-0.15, -0.1) is 0 Å². The van der Waals surface area contributed by atoms with E-state index in [0.29, 0.717) is 0 Å². The molecule has 0 atom stereocenters. The third kappa shape index (κ3) is 1.70. The molecule has 0 radical (unpaired) electrons. The molecule has 1 aliphatic rings. The lowest BCUT2D eigenvalue weighted by Crippen LogP contribution is -2.28. The number of anilines is 1. The van der Waals surface area contributed by atoms with E-state index in [9.17, 15) is 9.59 Å². The third-order valence-corrected chi connectivity index (χ3v) is 2.45. The predicted molar refractivity (Wildman–Crippen MR) is 56.8 cm³/mol. The van der Waals surface area contributed by atoms with Crippen molar-refractivity contribution in [1.82, 2.24) is 5.32 Å². The molecule has 0 unspecified atom stereocenters. The van der Waals surface area contributed by atoms with Crippen LogP contribution in [0.1, 0.15) is 11.1 Å². The fourth-order valence-electron chi connectivity index (χ4n) is 1.65. The molecule has 0 aliphatic carbocycles. The van der Waals surface area contributed by atoms with Gasteiger partial charge in [0.2, 0.25) is 5.91 Å². The van der Waals surface area contributed by atoms with Gasteiger partial charge in [-0.2, -0.15) is 0 Å². The topological polar surface area (TPSA) is 49.4 Å². The summed E-state index contributed by atoms with van der Waals surface area (Å²) in [7, 11) is 0. The summed E-state index contributed by atoms with van der Waals surface area (Å²) in [5, 5.41) is 2.26. The van der Waals surface area contributed by atoms with Crippen LogP contribution in [0.15, 0.2) is 18.2 Å². The summed E-state index contributed by atoms with van der Waals surface area (Å²) in [5.74, 6) is -0.249. The number of benzene rings is 1. The van der Waals surface area contributed by atoms with Gasteiger partial charge in [0.05, 0.1) is 0 Å². The lowest BCUT2D eigenvalue weighted by molar-refractivity contribution is -0.117. The van der Waals surface area contributed by atoms with E-state index in [0.717, 1.165) is 16.8 Å². The van der Waals surface area contributed by atoms with Crippen LogP contribution in [0, 0.1) is 13.8 Å². The van der Waals surface area contributed by atoms with Crippen molar-refractivity contribution in [2.75, 3.05) is 11.4 Å². The summed E-state index contributed by atoms with van der Waals surface area (Å²) in [6.07, 6.45) is 0. The van der Waals surface area contributed by atoms with E-state index in [-0.39, 0.29) is 18.5 Å². The highest BCUT2D eigenvalue weighted by molar-refractivity contribution is 6.12. The Hall–Kier alpha value is -1.84. The van der Waals surface area contributed by atoms with Crippen molar-refractivity contribution in [3.63, 3.8) is 0 Å². The minimum absolute atomic E-state index is 0.114. The van der Waals surface area contributed by atoms with E-state index in [1.165, 1.54) is 4.90 Å². The summed E-state index contributed by atoms with van der Waals surface area (Å²) >= 11 is 0. The van der Waals surface area contributed by atoms with Gasteiger partial charge in [0, 0.05) is 5.69 Å². The molecular weight excluding hydrogens is 192 g/mol. The van der Waals surface area contributed by atoms with Gasteiger partial charge in [-0.3, -0.25) is 15.0 Å². The zero-order valence-corrected chi connectivity index (χ0v) is 8.70. The third-order valence-electron chi connectivity index (χ3n) is 2.45. The monoisotopic (exact) mass is 204 g/mol. The number of nitrogens with zero attached hydrogens (tertiary/aromatic N) is 1. The van der Waals surface area contributed by atoms with E-state index in [1.54, 1.807) is 0 Å². The Morgan fingerprint density at radius 3 is 2.60 bits per heavy atom. The van der Waals surface area contributed by atoms with Gasteiger partial charge in [-0.25, -0.2) is 4.79 Å². The Kier molecular flexibility index (Phi) is 2.19. The van der Waals surface area contributed by atoms with Crippen molar-refractivity contribution in [2.45, 2.75) is 13.8 Å². The van der Waals surface area contributed by atoms with Gasteiger partial charge >= 0.3 is 6.03 Å². The van der Waals surface area contributed by atoms with Crippen LogP contribution >= 0.6 is 0 Å².